The fourth-order valence-corrected chi connectivity index (χ4v) is 4.12. The van der Waals surface area contributed by atoms with E-state index in [2.05, 4.69) is 30.8 Å². The number of aromatic amines is 1. The third-order valence-corrected chi connectivity index (χ3v) is 6.17. The first kappa shape index (κ1) is 20.8. The number of H-pyrrole nitrogens is 1. The van der Waals surface area contributed by atoms with E-state index in [0.29, 0.717) is 46.0 Å². The van der Waals surface area contributed by atoms with Crippen LogP contribution in [0.4, 0.5) is 5.95 Å². The molecule has 30 heavy (non-hydrogen) atoms. The van der Waals surface area contributed by atoms with Gasteiger partial charge in [-0.25, -0.2) is 9.97 Å². The first-order chi connectivity index (χ1) is 14.6. The summed E-state index contributed by atoms with van der Waals surface area (Å²) in [6, 6.07) is 0.830. The van der Waals surface area contributed by atoms with E-state index >= 15 is 0 Å². The van der Waals surface area contributed by atoms with Crippen LogP contribution in [-0.2, 0) is 6.54 Å². The Labute approximate surface area is 181 Å². The molecule has 2 fully saturated rings. The number of hydrogen-bond donors (Lipinski definition) is 5. The van der Waals surface area contributed by atoms with Crippen molar-refractivity contribution in [1.29, 1.82) is 5.41 Å². The lowest BCUT2D eigenvalue weighted by Gasteiger charge is -2.29. The van der Waals surface area contributed by atoms with Crippen molar-refractivity contribution < 1.29 is 0 Å². The molecule has 2 aromatic rings. The fourth-order valence-electron chi connectivity index (χ4n) is 3.93. The average Bonchev–Trinajstić information content (AvgIpc) is 3.40. The van der Waals surface area contributed by atoms with Crippen molar-refractivity contribution in [2.75, 3.05) is 5.32 Å². The number of nitrogens with one attached hydrogen (secondary N) is 4. The fraction of sp³-hybridized carbons (Fsp3) is 0.524. The van der Waals surface area contributed by atoms with Crippen LogP contribution in [0.3, 0.4) is 0 Å². The Morgan fingerprint density at radius 2 is 1.97 bits per heavy atom. The zero-order chi connectivity index (χ0) is 20.9. The zero-order valence-corrected chi connectivity index (χ0v) is 17.8. The number of nitrogens with zero attached hydrogens (tertiary/aromatic N) is 3. The second-order valence-corrected chi connectivity index (χ2v) is 8.68. The van der Waals surface area contributed by atoms with Crippen molar-refractivity contribution >= 4 is 28.8 Å². The molecule has 160 valence electrons. The Bertz CT molecular complexity index is 882. The normalized spacial score (nSPS) is 22.1. The standard InChI is InChI=1S/C21H29ClN8/c22-18-12-26-21(30-20(18)17(8-23)19(24)7-13-1-2-13)29-16-5-3-15(4-6-16)25-9-14-10-27-28-11-14/h8,10-13,15-16,24-25H,1-7,9,23H2,(H,27,28)(H,26,29,30). The van der Waals surface area contributed by atoms with Gasteiger partial charge < -0.3 is 21.8 Å². The van der Waals surface area contributed by atoms with E-state index in [1.165, 1.54) is 24.6 Å². The van der Waals surface area contributed by atoms with Crippen LogP contribution in [0.15, 0.2) is 24.8 Å². The molecule has 0 aliphatic heterocycles. The molecule has 6 N–H and O–H groups in total. The van der Waals surface area contributed by atoms with Crippen molar-refractivity contribution in [3.63, 3.8) is 0 Å². The molecule has 0 atom stereocenters. The van der Waals surface area contributed by atoms with Crippen molar-refractivity contribution in [3.05, 3.63) is 41.1 Å². The number of anilines is 1. The molecule has 0 amide bonds. The summed E-state index contributed by atoms with van der Waals surface area (Å²) >= 11 is 6.34. The van der Waals surface area contributed by atoms with Gasteiger partial charge in [-0.1, -0.05) is 11.6 Å². The number of hydrogen-bond acceptors (Lipinski definition) is 7. The molecule has 0 unspecified atom stereocenters. The minimum Gasteiger partial charge on any atom is -0.404 e. The summed E-state index contributed by atoms with van der Waals surface area (Å²) in [6.07, 6.45) is 14.2. The van der Waals surface area contributed by atoms with E-state index in [1.807, 2.05) is 12.4 Å². The lowest BCUT2D eigenvalue weighted by Crippen LogP contribution is -2.36. The molecule has 0 radical (unpaired) electrons. The summed E-state index contributed by atoms with van der Waals surface area (Å²) in [6.45, 7) is 0.837. The first-order valence-electron chi connectivity index (χ1n) is 10.6. The molecule has 2 aliphatic rings. The highest BCUT2D eigenvalue weighted by Crippen LogP contribution is 2.35. The number of rotatable bonds is 9. The Morgan fingerprint density at radius 3 is 2.63 bits per heavy atom. The van der Waals surface area contributed by atoms with Gasteiger partial charge in [-0.05, 0) is 50.9 Å². The lowest BCUT2D eigenvalue weighted by atomic mass is 9.91. The van der Waals surface area contributed by atoms with E-state index in [1.54, 1.807) is 6.20 Å². The Kier molecular flexibility index (Phi) is 6.64. The van der Waals surface area contributed by atoms with Crippen LogP contribution in [0.25, 0.3) is 5.57 Å². The van der Waals surface area contributed by atoms with Crippen molar-refractivity contribution in [1.82, 2.24) is 25.5 Å². The van der Waals surface area contributed by atoms with Gasteiger partial charge in [0.1, 0.15) is 0 Å². The minimum atomic E-state index is 0.322. The molecule has 0 spiro atoms. The van der Waals surface area contributed by atoms with Crippen LogP contribution < -0.4 is 16.4 Å². The predicted molar refractivity (Wildman–Crippen MR) is 119 cm³/mol. The highest BCUT2D eigenvalue weighted by atomic mass is 35.5. The average molecular weight is 429 g/mol. The van der Waals surface area contributed by atoms with E-state index in [4.69, 9.17) is 22.7 Å². The van der Waals surface area contributed by atoms with Crippen LogP contribution in [-0.4, -0.2) is 38.0 Å². The summed E-state index contributed by atoms with van der Waals surface area (Å²) in [5.74, 6) is 1.14. The number of nitrogens with two attached hydrogens (primary N) is 1. The molecule has 0 saturated heterocycles. The SMILES string of the molecule is N=C(CC1CC1)C(=CN)c1nc(NC2CCC(NCc3cn[nH]c3)CC2)ncc1Cl. The number of aromatic nitrogens is 4. The van der Waals surface area contributed by atoms with Crippen LogP contribution in [0.1, 0.15) is 56.2 Å². The highest BCUT2D eigenvalue weighted by Gasteiger charge is 2.26. The minimum absolute atomic E-state index is 0.322. The van der Waals surface area contributed by atoms with Gasteiger partial charge in [0.2, 0.25) is 5.95 Å². The Hall–Kier alpha value is -2.45. The van der Waals surface area contributed by atoms with Gasteiger partial charge in [-0.3, -0.25) is 5.10 Å². The lowest BCUT2D eigenvalue weighted by molar-refractivity contribution is 0.352. The summed E-state index contributed by atoms with van der Waals surface area (Å²) in [7, 11) is 0. The van der Waals surface area contributed by atoms with E-state index in [9.17, 15) is 0 Å². The second-order valence-electron chi connectivity index (χ2n) is 8.28. The van der Waals surface area contributed by atoms with Gasteiger partial charge in [-0.15, -0.1) is 0 Å². The van der Waals surface area contributed by atoms with E-state index in [-0.39, 0.29) is 0 Å². The summed E-state index contributed by atoms with van der Waals surface area (Å²) in [4.78, 5) is 8.96. The Morgan fingerprint density at radius 1 is 1.20 bits per heavy atom. The quantitative estimate of drug-likeness (QED) is 0.389. The Balaban J connectivity index is 1.32. The van der Waals surface area contributed by atoms with Gasteiger partial charge in [0.25, 0.3) is 0 Å². The summed E-state index contributed by atoms with van der Waals surface area (Å²) in [5, 5.41) is 22.7. The van der Waals surface area contributed by atoms with E-state index in [0.717, 1.165) is 38.6 Å². The molecule has 2 heterocycles. The smallest absolute Gasteiger partial charge is 0.223 e. The molecule has 2 aliphatic carbocycles. The molecule has 9 heteroatoms. The maximum atomic E-state index is 8.39. The molecule has 0 aromatic carbocycles. The van der Waals surface area contributed by atoms with Crippen molar-refractivity contribution in [3.8, 4) is 0 Å². The van der Waals surface area contributed by atoms with Gasteiger partial charge in [-0.2, -0.15) is 5.10 Å². The molecule has 2 saturated carbocycles. The summed E-state index contributed by atoms with van der Waals surface area (Å²) < 4.78 is 0. The zero-order valence-electron chi connectivity index (χ0n) is 17.0. The molecule has 0 bridgehead atoms. The van der Waals surface area contributed by atoms with Gasteiger partial charge in [0, 0.05) is 47.9 Å². The first-order valence-corrected chi connectivity index (χ1v) is 11.0. The summed E-state index contributed by atoms with van der Waals surface area (Å²) in [5.41, 5.74) is 8.64. The maximum Gasteiger partial charge on any atom is 0.223 e. The third-order valence-electron chi connectivity index (χ3n) is 5.89. The van der Waals surface area contributed by atoms with Crippen molar-refractivity contribution in [2.45, 2.75) is 63.6 Å². The molecule has 2 aromatic heterocycles. The van der Waals surface area contributed by atoms with Crippen LogP contribution in [0.5, 0.6) is 0 Å². The largest absolute Gasteiger partial charge is 0.404 e. The van der Waals surface area contributed by atoms with Crippen molar-refractivity contribution in [2.24, 2.45) is 11.7 Å². The predicted octanol–water partition coefficient (Wildman–Crippen LogP) is 3.49. The maximum absolute atomic E-state index is 8.39. The van der Waals surface area contributed by atoms with E-state index < -0.39 is 0 Å². The topological polar surface area (TPSA) is 128 Å². The van der Waals surface area contributed by atoms with Crippen LogP contribution in [0, 0.1) is 11.3 Å². The molecule has 8 nitrogen and oxygen atoms in total. The van der Waals surface area contributed by atoms with Gasteiger partial charge in [0.15, 0.2) is 0 Å². The monoisotopic (exact) mass is 428 g/mol. The molecular weight excluding hydrogens is 400 g/mol. The number of halogens is 1. The molecular formula is C21H29ClN8. The highest BCUT2D eigenvalue weighted by molar-refractivity contribution is 6.35. The van der Waals surface area contributed by atoms with Gasteiger partial charge in [0.05, 0.1) is 23.1 Å². The second kappa shape index (κ2) is 9.57. The third kappa shape index (κ3) is 5.37. The molecule has 4 rings (SSSR count). The van der Waals surface area contributed by atoms with Crippen LogP contribution >= 0.6 is 11.6 Å². The van der Waals surface area contributed by atoms with Gasteiger partial charge >= 0.3 is 0 Å². The van der Waals surface area contributed by atoms with Crippen LogP contribution in [0.2, 0.25) is 5.02 Å². The number of allylic oxidation sites excluding steroid dienone is 1.